The van der Waals surface area contributed by atoms with Crippen molar-refractivity contribution in [2.24, 2.45) is 5.92 Å². The number of anilines is 1. The molecular formula is C25H33ClN4O4. The number of fused-ring (bicyclic) bond motifs is 1. The lowest BCUT2D eigenvalue weighted by Gasteiger charge is -2.35. The summed E-state index contributed by atoms with van der Waals surface area (Å²) in [5, 5.41) is 16.5. The summed E-state index contributed by atoms with van der Waals surface area (Å²) in [6.45, 7) is 1.69. The summed E-state index contributed by atoms with van der Waals surface area (Å²) in [6, 6.07) is 3.64. The number of hydrogen-bond acceptors (Lipinski definition) is 7. The van der Waals surface area contributed by atoms with Crippen LogP contribution in [-0.2, 0) is 28.9 Å². The molecule has 0 spiro atoms. The minimum atomic E-state index is -0.911. The molecule has 34 heavy (non-hydrogen) atoms. The largest absolute Gasteiger partial charge is 0.495 e. The molecule has 3 heterocycles. The molecule has 9 heteroatoms. The van der Waals surface area contributed by atoms with Crippen molar-refractivity contribution < 1.29 is 19.4 Å². The molecule has 0 aromatic carbocycles. The number of carboxylic acid groups (broad SMARTS) is 1. The lowest BCUT2D eigenvalue weighted by Crippen LogP contribution is -2.38. The van der Waals surface area contributed by atoms with Gasteiger partial charge >= 0.3 is 5.97 Å². The Morgan fingerprint density at radius 3 is 3.00 bits per heavy atom. The van der Waals surface area contributed by atoms with E-state index in [0.717, 1.165) is 50.2 Å². The second-order valence-electron chi connectivity index (χ2n) is 9.07. The highest BCUT2D eigenvalue weighted by Gasteiger charge is 2.30. The molecule has 1 atom stereocenters. The molecular weight excluding hydrogens is 456 g/mol. The first-order valence-corrected chi connectivity index (χ1v) is 12.4. The predicted octanol–water partition coefficient (Wildman–Crippen LogP) is 3.86. The van der Waals surface area contributed by atoms with E-state index in [1.165, 1.54) is 25.3 Å². The number of halogens is 1. The summed E-state index contributed by atoms with van der Waals surface area (Å²) in [4.78, 5) is 20.4. The quantitative estimate of drug-likeness (QED) is 0.413. The predicted molar refractivity (Wildman–Crippen MR) is 131 cm³/mol. The topological polar surface area (TPSA) is 106 Å². The van der Waals surface area contributed by atoms with Crippen molar-refractivity contribution in [1.82, 2.24) is 15.3 Å². The van der Waals surface area contributed by atoms with E-state index in [1.807, 2.05) is 0 Å². The molecule has 1 fully saturated rings. The molecule has 184 valence electrons. The summed E-state index contributed by atoms with van der Waals surface area (Å²) in [6.07, 6.45) is 10.1. The number of aryl methyl sites for hydroxylation is 2. The van der Waals surface area contributed by atoms with Crippen LogP contribution in [0.4, 0.5) is 5.82 Å². The molecule has 0 unspecified atom stereocenters. The van der Waals surface area contributed by atoms with Crippen LogP contribution in [0, 0.1) is 5.92 Å². The van der Waals surface area contributed by atoms with Crippen molar-refractivity contribution in [3.05, 3.63) is 46.4 Å². The van der Waals surface area contributed by atoms with Gasteiger partial charge in [0, 0.05) is 37.2 Å². The maximum Gasteiger partial charge on any atom is 0.320 e. The summed E-state index contributed by atoms with van der Waals surface area (Å²) in [5.74, 6) is 1.32. The Balaban J connectivity index is 1.14. The van der Waals surface area contributed by atoms with Gasteiger partial charge in [0.1, 0.15) is 17.6 Å². The van der Waals surface area contributed by atoms with Gasteiger partial charge in [0.05, 0.1) is 24.4 Å². The Labute approximate surface area is 205 Å². The lowest BCUT2D eigenvalue weighted by molar-refractivity contribution is -0.140. The van der Waals surface area contributed by atoms with Gasteiger partial charge in [-0.3, -0.25) is 9.78 Å². The molecule has 1 aliphatic carbocycles. The Morgan fingerprint density at radius 2 is 2.21 bits per heavy atom. The van der Waals surface area contributed by atoms with Gasteiger partial charge in [-0.05, 0) is 62.5 Å². The monoisotopic (exact) mass is 488 g/mol. The van der Waals surface area contributed by atoms with E-state index in [-0.39, 0.29) is 12.6 Å². The van der Waals surface area contributed by atoms with Crippen LogP contribution in [0.2, 0.25) is 5.02 Å². The lowest BCUT2D eigenvalue weighted by atomic mass is 9.79. The van der Waals surface area contributed by atoms with Gasteiger partial charge in [-0.1, -0.05) is 17.7 Å². The maximum atomic E-state index is 11.7. The number of carboxylic acids is 1. The normalized spacial score (nSPS) is 20.1. The first-order chi connectivity index (χ1) is 16.5. The van der Waals surface area contributed by atoms with Crippen LogP contribution in [0.5, 0.6) is 5.75 Å². The van der Waals surface area contributed by atoms with Crippen LogP contribution in [0.1, 0.15) is 48.9 Å². The fraction of sp³-hybridized carbons (Fsp3) is 0.560. The highest BCUT2D eigenvalue weighted by molar-refractivity contribution is 6.31. The SMILES string of the molecule is COc1cncc(Cl)c1CN[C@@H](CCOC1CC(CCc2ccc3c(n2)NCCC3)C1)C(=O)O. The number of pyridine rings is 2. The van der Waals surface area contributed by atoms with E-state index >= 15 is 0 Å². The van der Waals surface area contributed by atoms with Crippen LogP contribution in [0.15, 0.2) is 24.5 Å². The molecule has 2 aromatic rings. The summed E-state index contributed by atoms with van der Waals surface area (Å²) < 4.78 is 11.2. The van der Waals surface area contributed by atoms with Crippen LogP contribution in [0.3, 0.4) is 0 Å². The van der Waals surface area contributed by atoms with Gasteiger partial charge in [-0.25, -0.2) is 4.98 Å². The highest BCUT2D eigenvalue weighted by Crippen LogP contribution is 2.34. The van der Waals surface area contributed by atoms with Gasteiger partial charge in [-0.2, -0.15) is 0 Å². The third-order valence-corrected chi connectivity index (χ3v) is 7.05. The van der Waals surface area contributed by atoms with Crippen molar-refractivity contribution in [1.29, 1.82) is 0 Å². The average Bonchev–Trinajstić information content (AvgIpc) is 2.82. The number of aliphatic carboxylic acids is 1. The minimum Gasteiger partial charge on any atom is -0.495 e. The number of nitrogens with one attached hydrogen (secondary N) is 2. The maximum absolute atomic E-state index is 11.7. The van der Waals surface area contributed by atoms with Crippen LogP contribution < -0.4 is 15.4 Å². The zero-order valence-corrected chi connectivity index (χ0v) is 20.3. The van der Waals surface area contributed by atoms with Crippen molar-refractivity contribution in [3.63, 3.8) is 0 Å². The third-order valence-electron chi connectivity index (χ3n) is 6.72. The molecule has 4 rings (SSSR count). The number of rotatable bonds is 12. The Bertz CT molecular complexity index is 983. The molecule has 1 aliphatic heterocycles. The standard InChI is InChI=1S/C25H33ClN4O4/c1-33-23-15-27-14-21(26)20(23)13-29-22(25(31)32)8-10-34-19-11-16(12-19)4-6-18-7-5-17-3-2-9-28-24(17)30-18/h5,7,14-16,19,22,29H,2-4,6,8-13H2,1H3,(H,28,30)(H,31,32)/t16?,19?,22-/m0/s1. The third kappa shape index (κ3) is 6.37. The molecule has 3 N–H and O–H groups in total. The number of aromatic nitrogens is 2. The minimum absolute atomic E-state index is 0.215. The molecule has 0 radical (unpaired) electrons. The molecule has 8 nitrogen and oxygen atoms in total. The fourth-order valence-electron chi connectivity index (χ4n) is 4.59. The first-order valence-electron chi connectivity index (χ1n) is 12.0. The van der Waals surface area contributed by atoms with Crippen molar-refractivity contribution in [2.75, 3.05) is 25.6 Å². The van der Waals surface area contributed by atoms with Crippen LogP contribution in [0.25, 0.3) is 0 Å². The molecule has 0 bridgehead atoms. The van der Waals surface area contributed by atoms with Crippen molar-refractivity contribution >= 4 is 23.4 Å². The number of nitrogens with zero attached hydrogens (tertiary/aromatic N) is 2. The zero-order chi connectivity index (χ0) is 23.9. The number of methoxy groups -OCH3 is 1. The van der Waals surface area contributed by atoms with Gasteiger partial charge < -0.3 is 25.2 Å². The Kier molecular flexibility index (Phi) is 8.59. The average molecular weight is 489 g/mol. The van der Waals surface area contributed by atoms with E-state index in [0.29, 0.717) is 35.3 Å². The van der Waals surface area contributed by atoms with Gasteiger partial charge in [-0.15, -0.1) is 0 Å². The number of ether oxygens (including phenoxy) is 2. The highest BCUT2D eigenvalue weighted by atomic mass is 35.5. The van der Waals surface area contributed by atoms with E-state index in [4.69, 9.17) is 26.1 Å². The summed E-state index contributed by atoms with van der Waals surface area (Å²) in [7, 11) is 1.53. The van der Waals surface area contributed by atoms with Crippen LogP contribution in [-0.4, -0.2) is 53.5 Å². The van der Waals surface area contributed by atoms with Gasteiger partial charge in [0.2, 0.25) is 0 Å². The smallest absolute Gasteiger partial charge is 0.320 e. The van der Waals surface area contributed by atoms with Gasteiger partial charge in [0.25, 0.3) is 0 Å². The first kappa shape index (κ1) is 24.7. The van der Waals surface area contributed by atoms with E-state index < -0.39 is 12.0 Å². The molecule has 0 saturated heterocycles. The second-order valence-corrected chi connectivity index (χ2v) is 9.48. The second kappa shape index (κ2) is 11.8. The molecule has 2 aliphatic rings. The Hall–Kier alpha value is -2.42. The van der Waals surface area contributed by atoms with E-state index in [9.17, 15) is 9.90 Å². The van der Waals surface area contributed by atoms with Crippen molar-refractivity contribution in [2.45, 2.75) is 63.6 Å². The van der Waals surface area contributed by atoms with Gasteiger partial charge in [0.15, 0.2) is 0 Å². The van der Waals surface area contributed by atoms with E-state index in [2.05, 4.69) is 27.8 Å². The number of hydrogen-bond donors (Lipinski definition) is 3. The summed E-state index contributed by atoms with van der Waals surface area (Å²) in [5.41, 5.74) is 3.17. The summed E-state index contributed by atoms with van der Waals surface area (Å²) >= 11 is 6.19. The fourth-order valence-corrected chi connectivity index (χ4v) is 4.80. The zero-order valence-electron chi connectivity index (χ0n) is 19.6. The number of carbonyl (C=O) groups is 1. The van der Waals surface area contributed by atoms with Crippen molar-refractivity contribution in [3.8, 4) is 5.75 Å². The van der Waals surface area contributed by atoms with Crippen LogP contribution >= 0.6 is 11.6 Å². The van der Waals surface area contributed by atoms with E-state index in [1.54, 1.807) is 6.20 Å². The Morgan fingerprint density at radius 1 is 1.35 bits per heavy atom. The molecule has 2 aromatic heterocycles. The molecule has 0 amide bonds. The molecule has 1 saturated carbocycles.